The van der Waals surface area contributed by atoms with E-state index in [4.69, 9.17) is 15.3 Å². The van der Waals surface area contributed by atoms with Gasteiger partial charge in [0.15, 0.2) is 0 Å². The Labute approximate surface area is 76.8 Å². The van der Waals surface area contributed by atoms with E-state index in [0.717, 1.165) is 0 Å². The summed E-state index contributed by atoms with van der Waals surface area (Å²) in [7, 11) is 0. The zero-order chi connectivity index (χ0) is 9.52. The van der Waals surface area contributed by atoms with E-state index < -0.39 is 0 Å². The number of rotatable bonds is 1. The van der Waals surface area contributed by atoms with Crippen LogP contribution in [0.15, 0.2) is 4.99 Å². The zero-order valence-corrected chi connectivity index (χ0v) is 7.23. The van der Waals surface area contributed by atoms with E-state index in [1.165, 1.54) is 0 Å². The van der Waals surface area contributed by atoms with Crippen molar-refractivity contribution in [3.05, 3.63) is 0 Å². The van der Waals surface area contributed by atoms with Crippen molar-refractivity contribution in [2.24, 2.45) is 4.99 Å². The fraction of sp³-hybridized carbons (Fsp3) is 0.625. The molecule has 1 heterocycles. The van der Waals surface area contributed by atoms with Crippen molar-refractivity contribution in [1.29, 1.82) is 10.5 Å². The first-order chi connectivity index (χ1) is 6.38. The molecule has 0 aromatic rings. The number of hydrogen-bond acceptors (Lipinski definition) is 4. The number of aliphatic imine (C=N–C) groups is 1. The van der Waals surface area contributed by atoms with Gasteiger partial charge in [-0.3, -0.25) is 0 Å². The first-order valence-electron chi connectivity index (χ1n) is 4.03. The van der Waals surface area contributed by atoms with Gasteiger partial charge < -0.3 is 9.64 Å². The highest BCUT2D eigenvalue weighted by Crippen LogP contribution is 2.01. The van der Waals surface area contributed by atoms with Crippen molar-refractivity contribution in [1.82, 2.24) is 4.90 Å². The minimum absolute atomic E-state index is 0.188. The van der Waals surface area contributed by atoms with Crippen LogP contribution in [-0.2, 0) is 4.74 Å². The molecule has 1 aliphatic rings. The number of nitriles is 2. The molecule has 13 heavy (non-hydrogen) atoms. The summed E-state index contributed by atoms with van der Waals surface area (Å²) in [6.07, 6.45) is 1.89. The van der Waals surface area contributed by atoms with Gasteiger partial charge in [0.2, 0.25) is 6.19 Å². The molecule has 5 nitrogen and oxygen atoms in total. The normalized spacial score (nSPS) is 17.7. The second kappa shape index (κ2) is 5.13. The predicted octanol–water partition coefficient (Wildman–Crippen LogP) is 0.112. The maximum absolute atomic E-state index is 8.50. The molecule has 0 amide bonds. The third kappa shape index (κ3) is 2.73. The fourth-order valence-electron chi connectivity index (χ4n) is 1.17. The van der Waals surface area contributed by atoms with Crippen LogP contribution in [0.1, 0.15) is 6.42 Å². The smallest absolute Gasteiger partial charge is 0.207 e. The lowest BCUT2D eigenvalue weighted by molar-refractivity contribution is 0.0675. The summed E-state index contributed by atoms with van der Waals surface area (Å²) in [4.78, 5) is 5.52. The minimum atomic E-state index is 0.188. The summed E-state index contributed by atoms with van der Waals surface area (Å²) < 4.78 is 5.14. The highest BCUT2D eigenvalue weighted by atomic mass is 16.5. The third-order valence-corrected chi connectivity index (χ3v) is 1.79. The van der Waals surface area contributed by atoms with Crippen LogP contribution in [0.5, 0.6) is 0 Å². The predicted molar refractivity (Wildman–Crippen MR) is 45.7 cm³/mol. The summed E-state index contributed by atoms with van der Waals surface area (Å²) in [6, 6.07) is 1.99. The van der Waals surface area contributed by atoms with Gasteiger partial charge in [0.05, 0.1) is 25.7 Å². The molecule has 1 fully saturated rings. The Morgan fingerprint density at radius 2 is 2.08 bits per heavy atom. The number of morpholine rings is 1. The van der Waals surface area contributed by atoms with E-state index in [-0.39, 0.29) is 6.42 Å². The van der Waals surface area contributed by atoms with E-state index in [1.54, 1.807) is 6.19 Å². The van der Waals surface area contributed by atoms with E-state index in [2.05, 4.69) is 4.99 Å². The molecule has 1 rings (SSSR count). The molecule has 0 bridgehead atoms. The summed E-state index contributed by atoms with van der Waals surface area (Å²) >= 11 is 0. The molecule has 0 radical (unpaired) electrons. The Morgan fingerprint density at radius 3 is 2.62 bits per heavy atom. The Bertz CT molecular complexity index is 267. The zero-order valence-electron chi connectivity index (χ0n) is 7.23. The molecule has 0 aromatic carbocycles. The van der Waals surface area contributed by atoms with Crippen molar-refractivity contribution in [3.8, 4) is 12.3 Å². The molecule has 5 heteroatoms. The van der Waals surface area contributed by atoms with Gasteiger partial charge in [0, 0.05) is 13.1 Å². The molecule has 0 aliphatic carbocycles. The highest BCUT2D eigenvalue weighted by Gasteiger charge is 2.14. The fourth-order valence-corrected chi connectivity index (χ4v) is 1.17. The summed E-state index contributed by atoms with van der Waals surface area (Å²) in [6.45, 7) is 2.69. The second-order valence-corrected chi connectivity index (χ2v) is 2.56. The monoisotopic (exact) mass is 178 g/mol. The van der Waals surface area contributed by atoms with Crippen LogP contribution in [0.3, 0.4) is 0 Å². The van der Waals surface area contributed by atoms with Gasteiger partial charge in [-0.05, 0) is 0 Å². The third-order valence-electron chi connectivity index (χ3n) is 1.79. The average molecular weight is 178 g/mol. The van der Waals surface area contributed by atoms with Gasteiger partial charge in [-0.15, -0.1) is 0 Å². The number of nitrogens with zero attached hydrogens (tertiary/aromatic N) is 4. The summed E-state index contributed by atoms with van der Waals surface area (Å²) in [5.41, 5.74) is 0. The van der Waals surface area contributed by atoms with E-state index in [0.29, 0.717) is 32.1 Å². The first kappa shape index (κ1) is 9.50. The lowest BCUT2D eigenvalue weighted by Crippen LogP contribution is -2.40. The SMILES string of the molecule is N#CC/C(=N\C#N)N1CCOCC1. The molecular weight excluding hydrogens is 168 g/mol. The van der Waals surface area contributed by atoms with Crippen molar-refractivity contribution < 1.29 is 4.74 Å². The quantitative estimate of drug-likeness (QED) is 0.324. The van der Waals surface area contributed by atoms with Gasteiger partial charge in [0.25, 0.3) is 0 Å². The molecular formula is C8H10N4O. The van der Waals surface area contributed by atoms with Crippen molar-refractivity contribution in [2.45, 2.75) is 6.42 Å². The largest absolute Gasteiger partial charge is 0.378 e. The van der Waals surface area contributed by atoms with Gasteiger partial charge in [0.1, 0.15) is 5.84 Å². The van der Waals surface area contributed by atoms with E-state index in [9.17, 15) is 0 Å². The van der Waals surface area contributed by atoms with Gasteiger partial charge in [-0.2, -0.15) is 15.5 Å². The summed E-state index contributed by atoms with van der Waals surface area (Å²) in [5.74, 6) is 0.549. The summed E-state index contributed by atoms with van der Waals surface area (Å²) in [5, 5.41) is 16.9. The van der Waals surface area contributed by atoms with E-state index >= 15 is 0 Å². The van der Waals surface area contributed by atoms with Crippen LogP contribution in [0.4, 0.5) is 0 Å². The maximum Gasteiger partial charge on any atom is 0.207 e. The van der Waals surface area contributed by atoms with Gasteiger partial charge in [-0.1, -0.05) is 0 Å². The van der Waals surface area contributed by atoms with Crippen LogP contribution < -0.4 is 0 Å². The van der Waals surface area contributed by atoms with Gasteiger partial charge in [-0.25, -0.2) is 0 Å². The Morgan fingerprint density at radius 1 is 1.38 bits per heavy atom. The molecule has 0 aromatic heterocycles. The van der Waals surface area contributed by atoms with Crippen LogP contribution in [0, 0.1) is 22.8 Å². The van der Waals surface area contributed by atoms with Crippen LogP contribution in [-0.4, -0.2) is 37.0 Å². The standard InChI is InChI=1S/C8H10N4O/c9-2-1-8(11-7-10)12-3-5-13-6-4-12/h1,3-6H2/b11-8+. The number of hydrogen-bond donors (Lipinski definition) is 0. The first-order valence-corrected chi connectivity index (χ1v) is 4.03. The lowest BCUT2D eigenvalue weighted by Gasteiger charge is -2.28. The molecule has 1 aliphatic heterocycles. The molecule has 0 N–H and O–H groups in total. The molecule has 68 valence electrons. The number of amidine groups is 1. The average Bonchev–Trinajstić information content (AvgIpc) is 2.19. The minimum Gasteiger partial charge on any atom is -0.378 e. The van der Waals surface area contributed by atoms with Gasteiger partial charge >= 0.3 is 0 Å². The molecule has 1 saturated heterocycles. The number of ether oxygens (including phenoxy) is 1. The highest BCUT2D eigenvalue weighted by molar-refractivity contribution is 5.85. The Balaban J connectivity index is 2.59. The lowest BCUT2D eigenvalue weighted by atomic mass is 10.3. The van der Waals surface area contributed by atoms with Crippen LogP contribution in [0.25, 0.3) is 0 Å². The van der Waals surface area contributed by atoms with Crippen LogP contribution in [0.2, 0.25) is 0 Å². The molecule has 0 atom stereocenters. The Kier molecular flexibility index (Phi) is 3.74. The molecule has 0 spiro atoms. The van der Waals surface area contributed by atoms with Crippen molar-refractivity contribution in [2.75, 3.05) is 26.3 Å². The van der Waals surface area contributed by atoms with E-state index in [1.807, 2.05) is 11.0 Å². The van der Waals surface area contributed by atoms with Crippen LogP contribution >= 0.6 is 0 Å². The second-order valence-electron chi connectivity index (χ2n) is 2.56. The Hall–Kier alpha value is -1.59. The van der Waals surface area contributed by atoms with Crippen molar-refractivity contribution >= 4 is 5.84 Å². The molecule has 0 unspecified atom stereocenters. The maximum atomic E-state index is 8.50. The molecule has 0 saturated carbocycles. The van der Waals surface area contributed by atoms with Crippen molar-refractivity contribution in [3.63, 3.8) is 0 Å². The topological polar surface area (TPSA) is 72.4 Å².